The van der Waals surface area contributed by atoms with Crippen LogP contribution in [0.5, 0.6) is 5.75 Å². The Bertz CT molecular complexity index is 1130. The lowest BCUT2D eigenvalue weighted by Gasteiger charge is -2.28. The van der Waals surface area contributed by atoms with Gasteiger partial charge in [0.05, 0.1) is 37.3 Å². The second kappa shape index (κ2) is 9.84. The molecule has 8 nitrogen and oxygen atoms in total. The number of carbonyl (C=O) groups is 1. The van der Waals surface area contributed by atoms with E-state index in [9.17, 15) is 4.79 Å². The summed E-state index contributed by atoms with van der Waals surface area (Å²) in [5.74, 6) is 1.85. The SMILES string of the molecule is Cc1ccccc1-n1c(SCC(=O)NC2CCOc3ccccc32)nnc1N1CCOCC1. The van der Waals surface area contributed by atoms with Crippen molar-refractivity contribution < 1.29 is 14.3 Å². The van der Waals surface area contributed by atoms with E-state index < -0.39 is 0 Å². The van der Waals surface area contributed by atoms with E-state index in [4.69, 9.17) is 9.47 Å². The molecule has 3 aromatic rings. The third-order valence-electron chi connectivity index (χ3n) is 5.89. The summed E-state index contributed by atoms with van der Waals surface area (Å²) in [7, 11) is 0. The molecular weight excluding hydrogens is 438 g/mol. The molecule has 2 aliphatic heterocycles. The number of ether oxygens (including phenoxy) is 2. The summed E-state index contributed by atoms with van der Waals surface area (Å²) in [5, 5.41) is 12.8. The second-order valence-electron chi connectivity index (χ2n) is 8.09. The van der Waals surface area contributed by atoms with Crippen LogP contribution in [0.15, 0.2) is 53.7 Å². The predicted octanol–water partition coefficient (Wildman–Crippen LogP) is 3.14. The largest absolute Gasteiger partial charge is 0.493 e. The molecule has 0 radical (unpaired) electrons. The number of nitrogens with one attached hydrogen (secondary N) is 1. The van der Waals surface area contributed by atoms with Gasteiger partial charge in [-0.05, 0) is 24.6 Å². The van der Waals surface area contributed by atoms with Gasteiger partial charge in [-0.2, -0.15) is 0 Å². The zero-order valence-electron chi connectivity index (χ0n) is 18.6. The summed E-state index contributed by atoms with van der Waals surface area (Å²) in [6.07, 6.45) is 0.758. The number of amides is 1. The van der Waals surface area contributed by atoms with Crippen LogP contribution >= 0.6 is 11.8 Å². The maximum atomic E-state index is 12.9. The molecule has 1 saturated heterocycles. The molecule has 0 saturated carbocycles. The van der Waals surface area contributed by atoms with Crippen LogP contribution in [0.1, 0.15) is 23.6 Å². The van der Waals surface area contributed by atoms with Crippen molar-refractivity contribution in [1.82, 2.24) is 20.1 Å². The first kappa shape index (κ1) is 21.8. The minimum Gasteiger partial charge on any atom is -0.493 e. The number of rotatable bonds is 6. The molecule has 1 fully saturated rings. The molecule has 0 spiro atoms. The third-order valence-corrected chi connectivity index (χ3v) is 6.82. The molecule has 2 aliphatic rings. The van der Waals surface area contributed by atoms with Crippen molar-refractivity contribution in [3.8, 4) is 11.4 Å². The van der Waals surface area contributed by atoms with Gasteiger partial charge in [0, 0.05) is 25.1 Å². The van der Waals surface area contributed by atoms with Crippen LogP contribution in [0.25, 0.3) is 5.69 Å². The molecule has 3 heterocycles. The van der Waals surface area contributed by atoms with Gasteiger partial charge in [-0.15, -0.1) is 10.2 Å². The van der Waals surface area contributed by atoms with Crippen molar-refractivity contribution in [3.63, 3.8) is 0 Å². The summed E-state index contributed by atoms with van der Waals surface area (Å²) in [6.45, 7) is 5.52. The summed E-state index contributed by atoms with van der Waals surface area (Å²) in [4.78, 5) is 15.0. The highest BCUT2D eigenvalue weighted by atomic mass is 32.2. The van der Waals surface area contributed by atoms with Crippen molar-refractivity contribution in [2.75, 3.05) is 43.6 Å². The topological polar surface area (TPSA) is 81.5 Å². The van der Waals surface area contributed by atoms with Gasteiger partial charge in [-0.3, -0.25) is 9.36 Å². The first-order chi connectivity index (χ1) is 16.2. The standard InChI is InChI=1S/C24H27N5O3S/c1-17-6-2-4-8-20(17)29-23(28-11-14-31-15-12-28)26-27-24(29)33-16-22(30)25-19-10-13-32-21-9-5-3-7-18(19)21/h2-9,19H,10-16H2,1H3,(H,25,30). The van der Waals surface area contributed by atoms with E-state index in [0.717, 1.165) is 48.0 Å². The van der Waals surface area contributed by atoms with Gasteiger partial charge in [0.2, 0.25) is 11.9 Å². The Kier molecular flexibility index (Phi) is 6.50. The molecular formula is C24H27N5O3S. The number of thioether (sulfide) groups is 1. The van der Waals surface area contributed by atoms with Crippen LogP contribution in [0.3, 0.4) is 0 Å². The number of hydrogen-bond acceptors (Lipinski definition) is 7. The average molecular weight is 466 g/mol. The number of para-hydroxylation sites is 2. The Balaban J connectivity index is 1.34. The minimum atomic E-state index is -0.0406. The molecule has 172 valence electrons. The molecule has 0 bridgehead atoms. The summed E-state index contributed by atoms with van der Waals surface area (Å²) in [5.41, 5.74) is 3.17. The van der Waals surface area contributed by atoms with Crippen molar-refractivity contribution in [3.05, 3.63) is 59.7 Å². The summed E-state index contributed by atoms with van der Waals surface area (Å²) < 4.78 is 13.3. The van der Waals surface area contributed by atoms with Crippen LogP contribution in [-0.2, 0) is 9.53 Å². The van der Waals surface area contributed by atoms with Crippen molar-refractivity contribution >= 4 is 23.6 Å². The van der Waals surface area contributed by atoms with E-state index >= 15 is 0 Å². The number of fused-ring (bicyclic) bond motifs is 1. The van der Waals surface area contributed by atoms with Crippen LogP contribution in [0.2, 0.25) is 0 Å². The molecule has 0 aliphatic carbocycles. The first-order valence-electron chi connectivity index (χ1n) is 11.2. The van der Waals surface area contributed by atoms with E-state index in [1.54, 1.807) is 0 Å². The van der Waals surface area contributed by atoms with Gasteiger partial charge in [-0.25, -0.2) is 0 Å². The third kappa shape index (κ3) is 4.69. The van der Waals surface area contributed by atoms with Crippen molar-refractivity contribution in [1.29, 1.82) is 0 Å². The zero-order valence-corrected chi connectivity index (χ0v) is 19.4. The quantitative estimate of drug-likeness (QED) is 0.560. The van der Waals surface area contributed by atoms with Gasteiger partial charge < -0.3 is 19.7 Å². The van der Waals surface area contributed by atoms with Gasteiger partial charge in [0.1, 0.15) is 5.75 Å². The Morgan fingerprint density at radius 2 is 1.88 bits per heavy atom. The normalized spacial score (nSPS) is 17.8. The van der Waals surface area contributed by atoms with Gasteiger partial charge in [0.15, 0.2) is 5.16 Å². The number of benzene rings is 2. The number of aryl methyl sites for hydroxylation is 1. The minimum absolute atomic E-state index is 0.0334. The van der Waals surface area contributed by atoms with E-state index in [2.05, 4.69) is 44.0 Å². The van der Waals surface area contributed by atoms with Gasteiger partial charge in [-0.1, -0.05) is 48.2 Å². The molecule has 1 amide bonds. The fourth-order valence-electron chi connectivity index (χ4n) is 4.21. The Morgan fingerprint density at radius 3 is 2.73 bits per heavy atom. The molecule has 2 aromatic carbocycles. The lowest BCUT2D eigenvalue weighted by Crippen LogP contribution is -2.38. The first-order valence-corrected chi connectivity index (χ1v) is 12.2. The highest BCUT2D eigenvalue weighted by Crippen LogP contribution is 2.32. The number of morpholine rings is 1. The second-order valence-corrected chi connectivity index (χ2v) is 9.03. The molecule has 33 heavy (non-hydrogen) atoms. The van der Waals surface area contributed by atoms with E-state index in [1.165, 1.54) is 11.8 Å². The van der Waals surface area contributed by atoms with Gasteiger partial charge in [0.25, 0.3) is 0 Å². The van der Waals surface area contributed by atoms with E-state index in [1.807, 2.05) is 36.4 Å². The Labute approximate surface area is 197 Å². The van der Waals surface area contributed by atoms with E-state index in [0.29, 0.717) is 25.0 Å². The summed E-state index contributed by atoms with van der Waals surface area (Å²) in [6, 6.07) is 16.0. The number of anilines is 1. The lowest BCUT2D eigenvalue weighted by molar-refractivity contribution is -0.119. The maximum Gasteiger partial charge on any atom is 0.232 e. The smallest absolute Gasteiger partial charge is 0.232 e. The van der Waals surface area contributed by atoms with Crippen LogP contribution in [0, 0.1) is 6.92 Å². The molecule has 1 unspecified atom stereocenters. The maximum absolute atomic E-state index is 12.9. The average Bonchev–Trinajstić information content (AvgIpc) is 3.27. The molecule has 1 aromatic heterocycles. The molecule has 9 heteroatoms. The Hall–Kier alpha value is -3.04. The fourth-order valence-corrected chi connectivity index (χ4v) is 4.96. The molecule has 5 rings (SSSR count). The summed E-state index contributed by atoms with van der Waals surface area (Å²) >= 11 is 1.40. The van der Waals surface area contributed by atoms with Crippen LogP contribution in [-0.4, -0.2) is 59.3 Å². The van der Waals surface area contributed by atoms with Crippen LogP contribution < -0.4 is 15.0 Å². The van der Waals surface area contributed by atoms with Crippen LogP contribution in [0.4, 0.5) is 5.95 Å². The molecule has 1 atom stereocenters. The number of hydrogen-bond donors (Lipinski definition) is 1. The highest BCUT2D eigenvalue weighted by molar-refractivity contribution is 7.99. The number of nitrogens with zero attached hydrogens (tertiary/aromatic N) is 4. The van der Waals surface area contributed by atoms with Crippen molar-refractivity contribution in [2.24, 2.45) is 0 Å². The monoisotopic (exact) mass is 465 g/mol. The van der Waals surface area contributed by atoms with Crippen molar-refractivity contribution in [2.45, 2.75) is 24.5 Å². The highest BCUT2D eigenvalue weighted by Gasteiger charge is 2.25. The van der Waals surface area contributed by atoms with E-state index in [-0.39, 0.29) is 17.7 Å². The Morgan fingerprint density at radius 1 is 1.09 bits per heavy atom. The number of carbonyl (C=O) groups excluding carboxylic acids is 1. The fraction of sp³-hybridized carbons (Fsp3) is 0.375. The predicted molar refractivity (Wildman–Crippen MR) is 127 cm³/mol. The lowest BCUT2D eigenvalue weighted by atomic mass is 10.0. The van der Waals surface area contributed by atoms with Gasteiger partial charge >= 0.3 is 0 Å². The number of aromatic nitrogens is 3. The molecule has 1 N–H and O–H groups in total. The zero-order chi connectivity index (χ0) is 22.6.